The number of amides is 2. The van der Waals surface area contributed by atoms with Gasteiger partial charge >= 0.3 is 0 Å². The second-order valence-corrected chi connectivity index (χ2v) is 5.25. The second kappa shape index (κ2) is 6.76. The van der Waals surface area contributed by atoms with Gasteiger partial charge in [-0.25, -0.2) is 4.98 Å². The number of nitrogens with two attached hydrogens (primary N) is 2. The van der Waals surface area contributed by atoms with Gasteiger partial charge in [0.15, 0.2) is 0 Å². The lowest BCUT2D eigenvalue weighted by molar-refractivity contribution is -0.113. The summed E-state index contributed by atoms with van der Waals surface area (Å²) in [5.74, 6) is 0.0460. The molecule has 0 saturated heterocycles. The molecular weight excluding hydrogens is 288 g/mol. The number of anilines is 2. The predicted octanol–water partition coefficient (Wildman–Crippen LogP) is 1.49. The Morgan fingerprint density at radius 2 is 1.86 bits per heavy atom. The van der Waals surface area contributed by atoms with Crippen molar-refractivity contribution in [1.82, 2.24) is 4.98 Å². The van der Waals surface area contributed by atoms with Crippen LogP contribution in [0.3, 0.4) is 0 Å². The van der Waals surface area contributed by atoms with E-state index in [1.54, 1.807) is 36.5 Å². The number of benzene rings is 1. The highest BCUT2D eigenvalue weighted by Gasteiger charge is 2.05. The summed E-state index contributed by atoms with van der Waals surface area (Å²) in [6, 6.07) is 9.88. The zero-order chi connectivity index (χ0) is 15.2. The van der Waals surface area contributed by atoms with E-state index in [4.69, 9.17) is 11.5 Å². The van der Waals surface area contributed by atoms with Crippen LogP contribution in [-0.4, -0.2) is 22.6 Å². The first-order valence-electron chi connectivity index (χ1n) is 6.08. The number of aromatic nitrogens is 1. The molecule has 0 aliphatic carbocycles. The van der Waals surface area contributed by atoms with Crippen LogP contribution in [0.4, 0.5) is 11.5 Å². The molecule has 7 heteroatoms. The Kier molecular flexibility index (Phi) is 4.78. The summed E-state index contributed by atoms with van der Waals surface area (Å²) in [5.41, 5.74) is 11.6. The fourth-order valence-corrected chi connectivity index (χ4v) is 2.20. The molecule has 2 amide bonds. The number of primary amides is 1. The third-order valence-corrected chi connectivity index (χ3v) is 3.56. The number of carbonyl (C=O) groups is 2. The van der Waals surface area contributed by atoms with E-state index < -0.39 is 5.91 Å². The van der Waals surface area contributed by atoms with Gasteiger partial charge in [0.1, 0.15) is 5.82 Å². The molecule has 2 rings (SSSR count). The highest BCUT2D eigenvalue weighted by atomic mass is 32.2. The van der Waals surface area contributed by atoms with E-state index in [-0.39, 0.29) is 11.7 Å². The number of nitrogen functional groups attached to an aromatic ring is 1. The number of nitrogens with one attached hydrogen (secondary N) is 1. The summed E-state index contributed by atoms with van der Waals surface area (Å²) in [7, 11) is 0. The van der Waals surface area contributed by atoms with Crippen LogP contribution in [0.15, 0.2) is 47.5 Å². The maximum absolute atomic E-state index is 11.8. The molecule has 21 heavy (non-hydrogen) atoms. The molecule has 1 heterocycles. The van der Waals surface area contributed by atoms with Gasteiger partial charge in [0.2, 0.25) is 11.8 Å². The third-order valence-electron chi connectivity index (χ3n) is 2.58. The minimum absolute atomic E-state index is 0.149. The zero-order valence-electron chi connectivity index (χ0n) is 11.1. The standard InChI is InChI=1S/C14H14N4O2S/c15-12-6-5-11(7-17-12)21-8-13(19)18-10-3-1-9(2-4-10)14(16)20/h1-7H,8H2,(H2,15,17)(H2,16,20)(H,18,19). The van der Waals surface area contributed by atoms with Crippen molar-refractivity contribution in [3.05, 3.63) is 48.2 Å². The van der Waals surface area contributed by atoms with E-state index >= 15 is 0 Å². The fraction of sp³-hybridized carbons (Fsp3) is 0.0714. The first kappa shape index (κ1) is 14.9. The molecule has 0 bridgehead atoms. The Morgan fingerprint density at radius 3 is 2.43 bits per heavy atom. The lowest BCUT2D eigenvalue weighted by Gasteiger charge is -2.05. The molecule has 0 radical (unpaired) electrons. The van der Waals surface area contributed by atoms with E-state index in [0.717, 1.165) is 4.90 Å². The Morgan fingerprint density at radius 1 is 1.14 bits per heavy atom. The molecule has 5 N–H and O–H groups in total. The first-order valence-corrected chi connectivity index (χ1v) is 7.07. The van der Waals surface area contributed by atoms with Crippen LogP contribution in [0, 0.1) is 0 Å². The van der Waals surface area contributed by atoms with Crippen molar-refractivity contribution in [2.45, 2.75) is 4.90 Å². The number of hydrogen-bond acceptors (Lipinski definition) is 5. The number of thioether (sulfide) groups is 1. The van der Waals surface area contributed by atoms with E-state index in [1.807, 2.05) is 6.07 Å². The summed E-state index contributed by atoms with van der Waals surface area (Å²) < 4.78 is 0. The molecule has 0 aliphatic rings. The predicted molar refractivity (Wildman–Crippen MR) is 83.0 cm³/mol. The SMILES string of the molecule is NC(=O)c1ccc(NC(=O)CSc2ccc(N)nc2)cc1. The molecule has 1 aromatic heterocycles. The monoisotopic (exact) mass is 302 g/mol. The second-order valence-electron chi connectivity index (χ2n) is 4.20. The Bertz CT molecular complexity index is 641. The van der Waals surface area contributed by atoms with Gasteiger partial charge in [-0.3, -0.25) is 9.59 Å². The molecule has 0 atom stereocenters. The number of carbonyl (C=O) groups excluding carboxylic acids is 2. The molecule has 6 nitrogen and oxygen atoms in total. The molecule has 1 aromatic carbocycles. The van der Waals surface area contributed by atoms with Gasteiger partial charge in [0.05, 0.1) is 5.75 Å². The van der Waals surface area contributed by atoms with Crippen molar-refractivity contribution in [3.63, 3.8) is 0 Å². The van der Waals surface area contributed by atoms with E-state index in [1.165, 1.54) is 11.8 Å². The summed E-state index contributed by atoms with van der Waals surface area (Å²) in [6.07, 6.45) is 1.62. The van der Waals surface area contributed by atoms with Crippen LogP contribution in [0.25, 0.3) is 0 Å². The Labute approximate surface area is 125 Å². The van der Waals surface area contributed by atoms with Crippen molar-refractivity contribution in [1.29, 1.82) is 0 Å². The molecule has 0 saturated carbocycles. The van der Waals surface area contributed by atoms with Crippen LogP contribution in [0.1, 0.15) is 10.4 Å². The van der Waals surface area contributed by atoms with Gasteiger partial charge in [-0.2, -0.15) is 0 Å². The van der Waals surface area contributed by atoms with E-state index in [9.17, 15) is 9.59 Å². The topological polar surface area (TPSA) is 111 Å². The lowest BCUT2D eigenvalue weighted by Crippen LogP contribution is -2.15. The molecule has 0 fully saturated rings. The van der Waals surface area contributed by atoms with Gasteiger partial charge in [0.25, 0.3) is 0 Å². The van der Waals surface area contributed by atoms with Crippen molar-refractivity contribution >= 4 is 35.1 Å². The summed E-state index contributed by atoms with van der Waals surface area (Å²) in [6.45, 7) is 0. The van der Waals surface area contributed by atoms with E-state index in [0.29, 0.717) is 17.1 Å². The quantitative estimate of drug-likeness (QED) is 0.725. The molecular formula is C14H14N4O2S. The number of pyridine rings is 1. The van der Waals surface area contributed by atoms with Crippen molar-refractivity contribution in [2.75, 3.05) is 16.8 Å². The van der Waals surface area contributed by atoms with Gasteiger partial charge in [-0.05, 0) is 36.4 Å². The first-order chi connectivity index (χ1) is 10.0. The maximum atomic E-state index is 11.8. The van der Waals surface area contributed by atoms with Crippen LogP contribution in [-0.2, 0) is 4.79 Å². The smallest absolute Gasteiger partial charge is 0.248 e. The largest absolute Gasteiger partial charge is 0.384 e. The van der Waals surface area contributed by atoms with Gasteiger partial charge in [-0.15, -0.1) is 11.8 Å². The number of hydrogen-bond donors (Lipinski definition) is 3. The van der Waals surface area contributed by atoms with Gasteiger partial charge < -0.3 is 16.8 Å². The van der Waals surface area contributed by atoms with Crippen molar-refractivity contribution in [3.8, 4) is 0 Å². The molecule has 2 aromatic rings. The zero-order valence-corrected chi connectivity index (χ0v) is 11.9. The number of nitrogens with zero attached hydrogens (tertiary/aromatic N) is 1. The summed E-state index contributed by atoms with van der Waals surface area (Å²) in [4.78, 5) is 27.6. The highest BCUT2D eigenvalue weighted by Crippen LogP contribution is 2.18. The van der Waals surface area contributed by atoms with E-state index in [2.05, 4.69) is 10.3 Å². The molecule has 0 spiro atoms. The summed E-state index contributed by atoms with van der Waals surface area (Å²) >= 11 is 1.36. The Balaban J connectivity index is 1.86. The average molecular weight is 302 g/mol. The van der Waals surface area contributed by atoms with Crippen molar-refractivity contribution < 1.29 is 9.59 Å². The van der Waals surface area contributed by atoms with Crippen LogP contribution in [0.2, 0.25) is 0 Å². The van der Waals surface area contributed by atoms with Crippen LogP contribution < -0.4 is 16.8 Å². The minimum atomic E-state index is -0.501. The lowest BCUT2D eigenvalue weighted by atomic mass is 10.2. The van der Waals surface area contributed by atoms with Crippen molar-refractivity contribution in [2.24, 2.45) is 5.73 Å². The van der Waals surface area contributed by atoms with Crippen LogP contribution in [0.5, 0.6) is 0 Å². The third kappa shape index (κ3) is 4.50. The minimum Gasteiger partial charge on any atom is -0.384 e. The average Bonchev–Trinajstić information content (AvgIpc) is 2.47. The Hall–Kier alpha value is -2.54. The highest BCUT2D eigenvalue weighted by molar-refractivity contribution is 8.00. The molecule has 108 valence electrons. The van der Waals surface area contributed by atoms with Crippen LogP contribution >= 0.6 is 11.8 Å². The van der Waals surface area contributed by atoms with Gasteiger partial charge in [0, 0.05) is 22.3 Å². The maximum Gasteiger partial charge on any atom is 0.248 e. The number of rotatable bonds is 5. The normalized spacial score (nSPS) is 10.1. The fourth-order valence-electron chi connectivity index (χ4n) is 1.54. The summed E-state index contributed by atoms with van der Waals surface area (Å²) in [5, 5.41) is 2.73. The van der Waals surface area contributed by atoms with Gasteiger partial charge in [-0.1, -0.05) is 0 Å². The molecule has 0 aliphatic heterocycles. The molecule has 0 unspecified atom stereocenters.